The minimum atomic E-state index is -2.51. The largest absolute Gasteiger partial charge is 0.207 e. The number of hydrogen-bond acceptors (Lipinski definition) is 7. The molecule has 0 amide bonds. The molecule has 0 radical (unpaired) electrons. The Morgan fingerprint density at radius 1 is 0.455 bits per heavy atom. The van der Waals surface area contributed by atoms with Gasteiger partial charge in [0.25, 0.3) is 0 Å². The summed E-state index contributed by atoms with van der Waals surface area (Å²) in [6, 6.07) is 19.0. The van der Waals surface area contributed by atoms with Crippen molar-refractivity contribution in [1.82, 2.24) is 0 Å². The minimum Gasteiger partial charge on any atom is -0.207 e. The summed E-state index contributed by atoms with van der Waals surface area (Å²) < 4.78 is 63.2. The zero-order valence-corrected chi connectivity index (χ0v) is 31.3. The quantitative estimate of drug-likeness (QED) is 0.224. The summed E-state index contributed by atoms with van der Waals surface area (Å²) in [6.45, 7) is 14.9. The molecule has 1 fully saturated rings. The number of halogens is 4. The van der Waals surface area contributed by atoms with Crippen molar-refractivity contribution in [2.45, 2.75) is 79.1 Å². The maximum atomic E-state index is 16.0. The highest BCUT2D eigenvalue weighted by atomic mass is 19.2. The number of nitriles is 7. The lowest BCUT2D eigenvalue weighted by atomic mass is 9.87. The van der Waals surface area contributed by atoms with Crippen molar-refractivity contribution in [3.05, 3.63) is 113 Å². The van der Waals surface area contributed by atoms with Crippen molar-refractivity contribution in [3.63, 3.8) is 0 Å². The molecule has 0 saturated heterocycles. The molecule has 11 heteroatoms. The second-order valence-electron chi connectivity index (χ2n) is 14.3. The van der Waals surface area contributed by atoms with Gasteiger partial charge in [0.05, 0.1) is 17.2 Å². The number of hydrogen-bond donors (Lipinski definition) is 0. The van der Waals surface area contributed by atoms with Gasteiger partial charge in [-0.05, 0) is 67.5 Å². The first-order chi connectivity index (χ1) is 26.0. The van der Waals surface area contributed by atoms with Gasteiger partial charge in [0.1, 0.15) is 59.1 Å². The predicted molar refractivity (Wildman–Crippen MR) is 197 cm³/mol. The van der Waals surface area contributed by atoms with Crippen LogP contribution in [0.1, 0.15) is 101 Å². The lowest BCUT2D eigenvalue weighted by Gasteiger charge is -2.20. The molecule has 0 unspecified atom stereocenters. The predicted octanol–water partition coefficient (Wildman–Crippen LogP) is 7.69. The molecule has 0 atom stereocenters. The Morgan fingerprint density at radius 3 is 0.982 bits per heavy atom. The Kier molecular flexibility index (Phi) is 11.8. The van der Waals surface area contributed by atoms with E-state index in [9.17, 15) is 36.8 Å². The van der Waals surface area contributed by atoms with E-state index >= 15 is 17.6 Å². The fourth-order valence-electron chi connectivity index (χ4n) is 6.95. The third-order valence-corrected chi connectivity index (χ3v) is 9.62. The van der Waals surface area contributed by atoms with Crippen LogP contribution >= 0.6 is 0 Å². The smallest absolute Gasteiger partial charge is 0.168 e. The number of benzene rings is 2. The van der Waals surface area contributed by atoms with Gasteiger partial charge in [0, 0.05) is 16.0 Å². The average molecular weight is 736 g/mol. The molecule has 272 valence electrons. The Labute approximate surface area is 316 Å². The van der Waals surface area contributed by atoms with Gasteiger partial charge in [0.15, 0.2) is 23.3 Å². The van der Waals surface area contributed by atoms with Crippen LogP contribution in [-0.2, 0) is 0 Å². The maximum Gasteiger partial charge on any atom is 0.168 e. The molecule has 55 heavy (non-hydrogen) atoms. The maximum absolute atomic E-state index is 16.0. The first kappa shape index (κ1) is 40.8. The van der Waals surface area contributed by atoms with Gasteiger partial charge in [0.2, 0.25) is 0 Å². The first-order valence-corrected chi connectivity index (χ1v) is 17.3. The highest BCUT2D eigenvalue weighted by Gasteiger charge is 2.45. The lowest BCUT2D eigenvalue weighted by molar-refractivity contribution is 0.400. The van der Waals surface area contributed by atoms with Crippen molar-refractivity contribution < 1.29 is 17.6 Å². The number of rotatable bonds is 5. The Bertz CT molecular complexity index is 2500. The van der Waals surface area contributed by atoms with Crippen molar-refractivity contribution in [2.24, 2.45) is 5.92 Å². The van der Waals surface area contributed by atoms with Crippen molar-refractivity contribution in [1.29, 1.82) is 36.8 Å². The van der Waals surface area contributed by atoms with Crippen molar-refractivity contribution >= 4 is 22.3 Å². The van der Waals surface area contributed by atoms with Crippen LogP contribution in [0.25, 0.3) is 22.3 Å². The fraction of sp³-hybridized carbons (Fsp3) is 0.295. The van der Waals surface area contributed by atoms with Crippen LogP contribution in [-0.4, -0.2) is 0 Å². The monoisotopic (exact) mass is 735 g/mol. The van der Waals surface area contributed by atoms with E-state index in [1.807, 2.05) is 79.7 Å². The Hall–Kier alpha value is -6.97. The van der Waals surface area contributed by atoms with Gasteiger partial charge in [-0.2, -0.15) is 36.8 Å². The van der Waals surface area contributed by atoms with Crippen LogP contribution in [0.4, 0.5) is 17.6 Å². The lowest BCUT2D eigenvalue weighted by Crippen LogP contribution is -2.25. The first-order valence-electron chi connectivity index (χ1n) is 17.3. The average Bonchev–Trinajstić information content (AvgIpc) is 3.89. The molecule has 0 aromatic heterocycles. The third-order valence-electron chi connectivity index (χ3n) is 9.62. The summed E-state index contributed by atoms with van der Waals surface area (Å²) in [5, 5.41) is 70.4. The molecule has 4 rings (SSSR count). The molecule has 0 bridgehead atoms. The molecule has 7 nitrogen and oxygen atoms in total. The normalized spacial score (nSPS) is 15.0. The summed E-state index contributed by atoms with van der Waals surface area (Å²) in [5.41, 5.74) is -0.621. The molecule has 2 aliphatic carbocycles. The van der Waals surface area contributed by atoms with Gasteiger partial charge in [-0.15, -0.1) is 0 Å². The summed E-state index contributed by atoms with van der Waals surface area (Å²) >= 11 is 0. The van der Waals surface area contributed by atoms with Crippen LogP contribution in [0, 0.1) is 85.2 Å². The van der Waals surface area contributed by atoms with E-state index in [1.54, 1.807) is 30.3 Å². The van der Waals surface area contributed by atoms with E-state index in [0.29, 0.717) is 54.3 Å². The van der Waals surface area contributed by atoms with Crippen molar-refractivity contribution in [2.75, 3.05) is 0 Å². The van der Waals surface area contributed by atoms with Crippen LogP contribution in [0.15, 0.2) is 69.9 Å². The molecular formula is C44H33F4N7. The van der Waals surface area contributed by atoms with Gasteiger partial charge in [-0.1, -0.05) is 79.7 Å². The summed E-state index contributed by atoms with van der Waals surface area (Å²) in [7, 11) is 0. The Balaban J connectivity index is 2.46. The highest BCUT2D eigenvalue weighted by Crippen LogP contribution is 2.54. The standard InChI is InChI=1S/C44H33F4N7/c1-20(2)29-9-24(10-30(21(3)4)34(29)26(13-49)14-50)36-37(25-11-31(22(5)6)35(27(15-51)16-52)32(12-25)23(7)8)39(36)33(19-55)40-43(47)41(45)38(28(17-53)18-54)42(46)44(40)48/h9-12,20-23,40H,1-8H3. The number of nitrogens with zero attached hydrogens (tertiary/aromatic N) is 7. The molecule has 0 heterocycles. The van der Waals surface area contributed by atoms with E-state index in [-0.39, 0.29) is 40.4 Å². The van der Waals surface area contributed by atoms with Crippen LogP contribution in [0.2, 0.25) is 0 Å². The zero-order valence-electron chi connectivity index (χ0n) is 31.3. The molecule has 2 aromatic carbocycles. The second kappa shape index (κ2) is 16.0. The van der Waals surface area contributed by atoms with Crippen molar-refractivity contribution in [3.8, 4) is 42.5 Å². The minimum absolute atomic E-state index is 0.0181. The number of allylic oxidation sites excluding steroid dienone is 8. The SMILES string of the molecule is CC(C)c1cc(=C2C(=C(C#N)C3C(F)=C(F)C(=C(C#N)C#N)C(F)=C3F)C2=c2cc(C(C)C)c(=C(C#N)C#N)c(C(C)C)c2)cc(C(C)C)c1=C(C#N)C#N. The summed E-state index contributed by atoms with van der Waals surface area (Å²) in [6.07, 6.45) is 0. The van der Waals surface area contributed by atoms with E-state index in [1.165, 1.54) is 12.1 Å². The van der Waals surface area contributed by atoms with Gasteiger partial charge in [-0.25, -0.2) is 17.6 Å². The van der Waals surface area contributed by atoms with Crippen LogP contribution in [0.3, 0.4) is 0 Å². The zero-order chi connectivity index (χ0) is 41.2. The van der Waals surface area contributed by atoms with Gasteiger partial charge >= 0.3 is 0 Å². The molecule has 0 aliphatic heterocycles. The molecule has 1 saturated carbocycles. The fourth-order valence-corrected chi connectivity index (χ4v) is 6.95. The van der Waals surface area contributed by atoms with Crippen LogP contribution in [0.5, 0.6) is 0 Å². The molecule has 2 aliphatic rings. The van der Waals surface area contributed by atoms with Crippen LogP contribution < -0.4 is 20.9 Å². The molecule has 0 N–H and O–H groups in total. The van der Waals surface area contributed by atoms with E-state index in [4.69, 9.17) is 0 Å². The van der Waals surface area contributed by atoms with Gasteiger partial charge < -0.3 is 0 Å². The molecule has 2 aromatic rings. The second-order valence-corrected chi connectivity index (χ2v) is 14.3. The third kappa shape index (κ3) is 6.96. The Morgan fingerprint density at radius 2 is 0.745 bits per heavy atom. The molecular weight excluding hydrogens is 703 g/mol. The summed E-state index contributed by atoms with van der Waals surface area (Å²) in [4.78, 5) is 0. The summed E-state index contributed by atoms with van der Waals surface area (Å²) in [5.74, 6) is -11.3. The molecule has 0 spiro atoms. The van der Waals surface area contributed by atoms with Gasteiger partial charge in [-0.3, -0.25) is 0 Å². The van der Waals surface area contributed by atoms with E-state index < -0.39 is 45.9 Å². The van der Waals surface area contributed by atoms with E-state index in [2.05, 4.69) is 0 Å². The highest BCUT2D eigenvalue weighted by molar-refractivity contribution is 6.29. The van der Waals surface area contributed by atoms with E-state index in [0.717, 1.165) is 0 Å². The topological polar surface area (TPSA) is 167 Å².